The fraction of sp³-hybridized carbons (Fsp3) is 0.522. The minimum Gasteiger partial charge on any atom is -0.493 e. The van der Waals surface area contributed by atoms with E-state index in [-0.39, 0.29) is 0 Å². The fourth-order valence-electron chi connectivity index (χ4n) is 3.20. The number of nitrogens with one attached hydrogen (secondary N) is 1. The predicted molar refractivity (Wildman–Crippen MR) is 109 cm³/mol. The molecule has 0 aromatic heterocycles. The lowest BCUT2D eigenvalue weighted by molar-refractivity contribution is 0.307. The van der Waals surface area contributed by atoms with E-state index in [4.69, 9.17) is 4.74 Å². The molecule has 0 amide bonds. The molecule has 0 saturated heterocycles. The Morgan fingerprint density at radius 1 is 0.880 bits per heavy atom. The van der Waals surface area contributed by atoms with Crippen molar-refractivity contribution in [2.24, 2.45) is 0 Å². The van der Waals surface area contributed by atoms with Gasteiger partial charge in [-0.05, 0) is 36.4 Å². The van der Waals surface area contributed by atoms with Crippen LogP contribution in [0.2, 0.25) is 0 Å². The van der Waals surface area contributed by atoms with Gasteiger partial charge in [0.1, 0.15) is 5.75 Å². The summed E-state index contributed by atoms with van der Waals surface area (Å²) in [6, 6.07) is 12.9. The Hall–Kier alpha value is -1.54. The summed E-state index contributed by atoms with van der Waals surface area (Å²) in [7, 11) is 0. The topological polar surface area (TPSA) is 21.3 Å². The maximum Gasteiger partial charge on any atom is 0.127 e. The zero-order valence-electron chi connectivity index (χ0n) is 15.9. The van der Waals surface area contributed by atoms with Crippen molar-refractivity contribution in [1.82, 2.24) is 5.32 Å². The lowest BCUT2D eigenvalue weighted by Crippen LogP contribution is -2.14. The molecule has 0 atom stereocenters. The Morgan fingerprint density at radius 3 is 2.36 bits per heavy atom. The van der Waals surface area contributed by atoms with Gasteiger partial charge < -0.3 is 10.1 Å². The zero-order chi connectivity index (χ0) is 17.7. The number of fused-ring (bicyclic) bond motifs is 1. The van der Waals surface area contributed by atoms with Crippen LogP contribution >= 0.6 is 0 Å². The number of unbranched alkanes of at least 4 members (excludes halogenated alkanes) is 6. The van der Waals surface area contributed by atoms with Gasteiger partial charge in [0.15, 0.2) is 0 Å². The molecule has 2 rings (SSSR count). The van der Waals surface area contributed by atoms with Crippen LogP contribution in [0, 0.1) is 6.92 Å². The van der Waals surface area contributed by atoms with E-state index < -0.39 is 0 Å². The van der Waals surface area contributed by atoms with Crippen molar-refractivity contribution in [2.75, 3.05) is 13.2 Å². The zero-order valence-corrected chi connectivity index (χ0v) is 15.9. The highest BCUT2D eigenvalue weighted by molar-refractivity contribution is 5.91. The minimum absolute atomic E-state index is 0.816. The van der Waals surface area contributed by atoms with Gasteiger partial charge in [-0.1, -0.05) is 82.7 Å². The summed E-state index contributed by atoms with van der Waals surface area (Å²) in [5, 5.41) is 5.95. The van der Waals surface area contributed by atoms with Crippen LogP contribution in [0.1, 0.15) is 63.9 Å². The molecule has 2 nitrogen and oxygen atoms in total. The quantitative estimate of drug-likeness (QED) is 0.433. The first-order valence-electron chi connectivity index (χ1n) is 10.00. The second kappa shape index (κ2) is 11.9. The highest BCUT2D eigenvalue weighted by Gasteiger charge is 2.06. The van der Waals surface area contributed by atoms with Crippen LogP contribution in [0.25, 0.3) is 10.8 Å². The number of hydrogen-bond acceptors (Lipinski definition) is 2. The lowest BCUT2D eigenvalue weighted by atomic mass is 10.0. The molecule has 0 aliphatic carbocycles. The standard InChI is InChI=1S/C23H34NO/c1-3-5-6-7-8-9-12-18-25-23-16-15-20(19-24-17-4-2)21-13-10-11-14-22(21)23/h10-11,13-16,24H,2-9,12,17-19H2,1H3. The van der Waals surface area contributed by atoms with Crippen LogP contribution in [0.5, 0.6) is 5.75 Å². The van der Waals surface area contributed by atoms with Gasteiger partial charge in [0.05, 0.1) is 6.61 Å². The maximum atomic E-state index is 6.10. The Bertz CT molecular complexity index is 608. The molecule has 0 bridgehead atoms. The molecule has 0 heterocycles. The van der Waals surface area contributed by atoms with Crippen molar-refractivity contribution in [1.29, 1.82) is 0 Å². The van der Waals surface area contributed by atoms with E-state index >= 15 is 0 Å². The molecule has 0 aliphatic heterocycles. The summed E-state index contributed by atoms with van der Waals surface area (Å²) in [5.41, 5.74) is 1.33. The third-order valence-electron chi connectivity index (χ3n) is 4.65. The first-order valence-corrected chi connectivity index (χ1v) is 10.00. The fourth-order valence-corrected chi connectivity index (χ4v) is 3.20. The number of ether oxygens (including phenoxy) is 1. The minimum atomic E-state index is 0.816. The third kappa shape index (κ3) is 6.70. The average Bonchev–Trinajstić information content (AvgIpc) is 2.65. The van der Waals surface area contributed by atoms with Gasteiger partial charge >= 0.3 is 0 Å². The monoisotopic (exact) mass is 340 g/mol. The van der Waals surface area contributed by atoms with Crippen molar-refractivity contribution in [3.05, 3.63) is 48.9 Å². The highest BCUT2D eigenvalue weighted by atomic mass is 16.5. The van der Waals surface area contributed by atoms with Crippen LogP contribution in [-0.4, -0.2) is 13.2 Å². The van der Waals surface area contributed by atoms with Crippen molar-refractivity contribution in [3.8, 4) is 5.75 Å². The second-order valence-electron chi connectivity index (χ2n) is 6.77. The molecule has 0 aliphatic rings. The van der Waals surface area contributed by atoms with Crippen LogP contribution in [0.15, 0.2) is 36.4 Å². The van der Waals surface area contributed by atoms with Crippen LogP contribution in [0.4, 0.5) is 0 Å². The van der Waals surface area contributed by atoms with Gasteiger partial charge in [-0.2, -0.15) is 0 Å². The van der Waals surface area contributed by atoms with Gasteiger partial charge in [0, 0.05) is 11.9 Å². The molecule has 0 unspecified atom stereocenters. The normalized spacial score (nSPS) is 11.1. The second-order valence-corrected chi connectivity index (χ2v) is 6.77. The SMILES string of the molecule is [CH2]CCNCc1ccc(OCCCCCCCCC)c2ccccc12. The number of rotatable bonds is 13. The first kappa shape index (κ1) is 19.8. The van der Waals surface area contributed by atoms with E-state index in [2.05, 4.69) is 55.6 Å². The van der Waals surface area contributed by atoms with Crippen LogP contribution in [-0.2, 0) is 6.54 Å². The van der Waals surface area contributed by atoms with Crippen molar-refractivity contribution in [3.63, 3.8) is 0 Å². The van der Waals surface area contributed by atoms with E-state index in [1.807, 2.05) is 0 Å². The summed E-state index contributed by atoms with van der Waals surface area (Å²) in [5.74, 6) is 1.02. The Kier molecular flexibility index (Phi) is 9.43. The van der Waals surface area contributed by atoms with Gasteiger partial charge in [0.25, 0.3) is 0 Å². The molecule has 25 heavy (non-hydrogen) atoms. The van der Waals surface area contributed by atoms with Gasteiger partial charge in [0.2, 0.25) is 0 Å². The predicted octanol–water partition coefficient (Wildman–Crippen LogP) is 6.28. The Morgan fingerprint density at radius 2 is 1.60 bits per heavy atom. The first-order chi connectivity index (χ1) is 12.4. The molecule has 0 fully saturated rings. The smallest absolute Gasteiger partial charge is 0.127 e. The van der Waals surface area contributed by atoms with Crippen LogP contribution in [0.3, 0.4) is 0 Å². The van der Waals surface area contributed by atoms with Crippen LogP contribution < -0.4 is 10.1 Å². The van der Waals surface area contributed by atoms with Crippen molar-refractivity contribution >= 4 is 10.8 Å². The summed E-state index contributed by atoms with van der Waals surface area (Å²) in [6.45, 7) is 8.79. The summed E-state index contributed by atoms with van der Waals surface area (Å²) in [6.07, 6.45) is 10.1. The molecule has 2 heteroatoms. The largest absolute Gasteiger partial charge is 0.493 e. The van der Waals surface area contributed by atoms with E-state index in [1.165, 1.54) is 54.9 Å². The Labute approximate surface area is 154 Å². The number of hydrogen-bond donors (Lipinski definition) is 1. The maximum absolute atomic E-state index is 6.10. The molecule has 1 N–H and O–H groups in total. The van der Waals surface area contributed by atoms with E-state index in [0.29, 0.717) is 0 Å². The highest BCUT2D eigenvalue weighted by Crippen LogP contribution is 2.28. The molecular weight excluding hydrogens is 306 g/mol. The average molecular weight is 341 g/mol. The molecule has 0 spiro atoms. The summed E-state index contributed by atoms with van der Waals surface area (Å²) >= 11 is 0. The van der Waals surface area contributed by atoms with E-state index in [0.717, 1.165) is 38.3 Å². The molecule has 0 saturated carbocycles. The van der Waals surface area contributed by atoms with E-state index in [1.54, 1.807) is 0 Å². The van der Waals surface area contributed by atoms with Crippen molar-refractivity contribution < 1.29 is 4.74 Å². The van der Waals surface area contributed by atoms with Gasteiger partial charge in [-0.25, -0.2) is 0 Å². The molecule has 2 aromatic rings. The molecule has 1 radical (unpaired) electrons. The number of benzene rings is 2. The summed E-state index contributed by atoms with van der Waals surface area (Å²) < 4.78 is 6.10. The van der Waals surface area contributed by atoms with Gasteiger partial charge in [-0.15, -0.1) is 0 Å². The van der Waals surface area contributed by atoms with Crippen molar-refractivity contribution in [2.45, 2.75) is 64.8 Å². The lowest BCUT2D eigenvalue weighted by Gasteiger charge is -2.13. The van der Waals surface area contributed by atoms with Gasteiger partial charge in [-0.3, -0.25) is 0 Å². The third-order valence-corrected chi connectivity index (χ3v) is 4.65. The van der Waals surface area contributed by atoms with E-state index in [9.17, 15) is 0 Å². The molecule has 137 valence electrons. The molecule has 2 aromatic carbocycles. The summed E-state index contributed by atoms with van der Waals surface area (Å²) in [4.78, 5) is 0. The molecular formula is C23H34NO. The Balaban J connectivity index is 1.85.